The van der Waals surface area contributed by atoms with Crippen LogP contribution in [0.3, 0.4) is 0 Å². The van der Waals surface area contributed by atoms with Crippen LogP contribution < -0.4 is 5.32 Å². The summed E-state index contributed by atoms with van der Waals surface area (Å²) >= 11 is 14.4. The SMILES string of the molecule is Cc1ccc(Cl)c(NC2=NC3(CCC(C)CC3)CS2)c1Cl. The monoisotopic (exact) mass is 342 g/mol. The van der Waals surface area contributed by atoms with Gasteiger partial charge in [0, 0.05) is 5.75 Å². The molecule has 0 unspecified atom stereocenters. The molecule has 1 spiro atoms. The first kappa shape index (κ1) is 15.5. The molecule has 1 heterocycles. The summed E-state index contributed by atoms with van der Waals surface area (Å²) in [5, 5.41) is 5.64. The highest BCUT2D eigenvalue weighted by Gasteiger charge is 2.38. The zero-order valence-corrected chi connectivity index (χ0v) is 14.7. The van der Waals surface area contributed by atoms with Crippen LogP contribution in [0.5, 0.6) is 0 Å². The Morgan fingerprint density at radius 2 is 2.00 bits per heavy atom. The summed E-state index contributed by atoms with van der Waals surface area (Å²) in [5.74, 6) is 1.91. The van der Waals surface area contributed by atoms with E-state index < -0.39 is 0 Å². The number of aryl methyl sites for hydroxylation is 1. The molecular formula is C16H20Cl2N2S. The molecule has 5 heteroatoms. The number of rotatable bonds is 1. The summed E-state index contributed by atoms with van der Waals surface area (Å²) < 4.78 is 0. The van der Waals surface area contributed by atoms with Gasteiger partial charge in [0.15, 0.2) is 5.17 Å². The highest BCUT2D eigenvalue weighted by molar-refractivity contribution is 8.14. The van der Waals surface area contributed by atoms with Crippen molar-refractivity contribution in [2.24, 2.45) is 10.9 Å². The molecule has 0 atom stereocenters. The first-order chi connectivity index (χ1) is 9.99. The van der Waals surface area contributed by atoms with Crippen LogP contribution in [0.1, 0.15) is 38.2 Å². The summed E-state index contributed by atoms with van der Waals surface area (Å²) in [4.78, 5) is 4.97. The van der Waals surface area contributed by atoms with Crippen LogP contribution in [0.4, 0.5) is 5.69 Å². The van der Waals surface area contributed by atoms with E-state index in [0.29, 0.717) is 10.0 Å². The van der Waals surface area contributed by atoms with E-state index in [1.165, 1.54) is 25.7 Å². The third kappa shape index (κ3) is 3.20. The fourth-order valence-corrected chi connectivity index (χ4v) is 4.64. The molecule has 0 radical (unpaired) electrons. The third-order valence-corrected chi connectivity index (χ3v) is 6.49. The standard InChI is InChI=1S/C16H20Cl2N2S/c1-10-5-7-16(8-6-10)9-21-15(20-16)19-14-12(17)4-3-11(2)13(14)18/h3-4,10H,5-9H2,1-2H3,(H,19,20). The molecule has 3 rings (SSSR count). The molecule has 1 saturated carbocycles. The summed E-state index contributed by atoms with van der Waals surface area (Å²) in [6, 6.07) is 3.81. The van der Waals surface area contributed by atoms with E-state index >= 15 is 0 Å². The van der Waals surface area contributed by atoms with E-state index in [9.17, 15) is 0 Å². The van der Waals surface area contributed by atoms with Crippen LogP contribution in [0.25, 0.3) is 0 Å². The Morgan fingerprint density at radius 1 is 1.29 bits per heavy atom. The Labute approximate surface area is 140 Å². The molecule has 0 saturated heterocycles. The summed E-state index contributed by atoms with van der Waals surface area (Å²) in [6.45, 7) is 4.32. The zero-order valence-electron chi connectivity index (χ0n) is 12.4. The Balaban J connectivity index is 1.79. The molecule has 0 bridgehead atoms. The molecule has 1 fully saturated rings. The fourth-order valence-electron chi connectivity index (χ4n) is 2.98. The van der Waals surface area contributed by atoms with Gasteiger partial charge in [-0.1, -0.05) is 48.0 Å². The molecule has 21 heavy (non-hydrogen) atoms. The highest BCUT2D eigenvalue weighted by Crippen LogP contribution is 2.42. The third-order valence-electron chi connectivity index (χ3n) is 4.54. The van der Waals surface area contributed by atoms with Gasteiger partial charge in [0.05, 0.1) is 21.3 Å². The molecule has 1 aliphatic carbocycles. The maximum absolute atomic E-state index is 6.36. The second-order valence-corrected chi connectivity index (χ2v) is 8.04. The lowest BCUT2D eigenvalue weighted by molar-refractivity contribution is 0.273. The van der Waals surface area contributed by atoms with Crippen molar-refractivity contribution in [2.75, 3.05) is 11.1 Å². The lowest BCUT2D eigenvalue weighted by Crippen LogP contribution is -2.32. The minimum absolute atomic E-state index is 0.141. The van der Waals surface area contributed by atoms with E-state index in [1.54, 1.807) is 11.8 Å². The van der Waals surface area contributed by atoms with E-state index in [4.69, 9.17) is 28.2 Å². The van der Waals surface area contributed by atoms with Crippen LogP contribution in [-0.2, 0) is 0 Å². The second kappa shape index (κ2) is 6.02. The fraction of sp³-hybridized carbons (Fsp3) is 0.562. The maximum Gasteiger partial charge on any atom is 0.161 e. The Morgan fingerprint density at radius 3 is 2.71 bits per heavy atom. The Bertz CT molecular complexity index is 578. The molecular weight excluding hydrogens is 323 g/mol. The first-order valence-electron chi connectivity index (χ1n) is 7.43. The van der Waals surface area contributed by atoms with E-state index in [2.05, 4.69) is 12.2 Å². The van der Waals surface area contributed by atoms with Gasteiger partial charge in [0.25, 0.3) is 0 Å². The molecule has 1 aromatic rings. The average Bonchev–Trinajstić information content (AvgIpc) is 2.86. The molecule has 2 nitrogen and oxygen atoms in total. The highest BCUT2D eigenvalue weighted by atomic mass is 35.5. The molecule has 0 amide bonds. The quantitative estimate of drug-likeness (QED) is 0.700. The number of hydrogen-bond acceptors (Lipinski definition) is 3. The van der Waals surface area contributed by atoms with Crippen molar-refractivity contribution < 1.29 is 0 Å². The van der Waals surface area contributed by atoms with Gasteiger partial charge in [-0.25, -0.2) is 0 Å². The molecule has 1 aliphatic heterocycles. The van der Waals surface area contributed by atoms with Gasteiger partial charge in [0.1, 0.15) is 0 Å². The number of hydrogen-bond donors (Lipinski definition) is 1. The van der Waals surface area contributed by atoms with Crippen molar-refractivity contribution >= 4 is 45.8 Å². The van der Waals surface area contributed by atoms with Crippen molar-refractivity contribution in [2.45, 2.75) is 45.1 Å². The predicted octanol–water partition coefficient (Wildman–Crippen LogP) is 5.77. The Kier molecular flexibility index (Phi) is 4.45. The minimum atomic E-state index is 0.141. The number of benzene rings is 1. The normalized spacial score (nSPS) is 28.8. The van der Waals surface area contributed by atoms with E-state index in [0.717, 1.165) is 28.1 Å². The number of nitrogens with one attached hydrogen (secondary N) is 1. The summed E-state index contributed by atoms with van der Waals surface area (Å²) in [6.07, 6.45) is 4.95. The van der Waals surface area contributed by atoms with Crippen LogP contribution in [-0.4, -0.2) is 16.5 Å². The number of thioether (sulfide) groups is 1. The van der Waals surface area contributed by atoms with Gasteiger partial charge in [-0.3, -0.25) is 4.99 Å². The Hall–Kier alpha value is -0.380. The summed E-state index contributed by atoms with van der Waals surface area (Å²) in [7, 11) is 0. The number of anilines is 1. The molecule has 1 aromatic carbocycles. The number of nitrogens with zero attached hydrogens (tertiary/aromatic N) is 1. The van der Waals surface area contributed by atoms with Gasteiger partial charge >= 0.3 is 0 Å². The van der Waals surface area contributed by atoms with Crippen molar-refractivity contribution in [3.63, 3.8) is 0 Å². The van der Waals surface area contributed by atoms with E-state index in [1.807, 2.05) is 19.1 Å². The van der Waals surface area contributed by atoms with Gasteiger partial charge in [-0.15, -0.1) is 0 Å². The van der Waals surface area contributed by atoms with Gasteiger partial charge in [-0.05, 0) is 50.2 Å². The van der Waals surface area contributed by atoms with Crippen LogP contribution in [0, 0.1) is 12.8 Å². The first-order valence-corrected chi connectivity index (χ1v) is 9.17. The van der Waals surface area contributed by atoms with Gasteiger partial charge in [-0.2, -0.15) is 0 Å². The zero-order chi connectivity index (χ0) is 15.0. The van der Waals surface area contributed by atoms with Crippen molar-refractivity contribution in [3.8, 4) is 0 Å². The lowest BCUT2D eigenvalue weighted by Gasteiger charge is -2.32. The van der Waals surface area contributed by atoms with E-state index in [-0.39, 0.29) is 5.54 Å². The molecule has 0 aromatic heterocycles. The van der Waals surface area contributed by atoms with Crippen molar-refractivity contribution in [1.29, 1.82) is 0 Å². The van der Waals surface area contributed by atoms with Gasteiger partial charge < -0.3 is 5.32 Å². The van der Waals surface area contributed by atoms with Gasteiger partial charge in [0.2, 0.25) is 0 Å². The van der Waals surface area contributed by atoms with Crippen LogP contribution in [0.15, 0.2) is 17.1 Å². The van der Waals surface area contributed by atoms with Crippen molar-refractivity contribution in [1.82, 2.24) is 0 Å². The maximum atomic E-state index is 6.36. The number of aliphatic imine (C=N–C) groups is 1. The van der Waals surface area contributed by atoms with Crippen LogP contribution in [0.2, 0.25) is 10.0 Å². The topological polar surface area (TPSA) is 24.4 Å². The number of halogens is 2. The number of amidine groups is 1. The largest absolute Gasteiger partial charge is 0.333 e. The smallest absolute Gasteiger partial charge is 0.161 e. The lowest BCUT2D eigenvalue weighted by atomic mass is 9.79. The molecule has 1 N–H and O–H groups in total. The second-order valence-electron chi connectivity index (χ2n) is 6.29. The predicted molar refractivity (Wildman–Crippen MR) is 95.1 cm³/mol. The van der Waals surface area contributed by atoms with Crippen LogP contribution >= 0.6 is 35.0 Å². The molecule has 2 aliphatic rings. The summed E-state index contributed by atoms with van der Waals surface area (Å²) in [5.41, 5.74) is 1.95. The molecule has 114 valence electrons. The van der Waals surface area contributed by atoms with Crippen molar-refractivity contribution in [3.05, 3.63) is 27.7 Å². The average molecular weight is 343 g/mol. The minimum Gasteiger partial charge on any atom is -0.333 e.